The van der Waals surface area contributed by atoms with Crippen molar-refractivity contribution >= 4 is 11.6 Å². The summed E-state index contributed by atoms with van der Waals surface area (Å²) in [5, 5.41) is -0.468. The first kappa shape index (κ1) is 9.12. The number of hydrogen-bond donors (Lipinski definition) is 1. The topological polar surface area (TPSA) is 32.9 Å². The van der Waals surface area contributed by atoms with Gasteiger partial charge in [0.1, 0.15) is 5.02 Å². The lowest BCUT2D eigenvalue weighted by atomic mass is 10.3. The van der Waals surface area contributed by atoms with Crippen LogP contribution in [0.25, 0.3) is 0 Å². The molecule has 0 spiro atoms. The first-order chi connectivity index (χ1) is 5.41. The second-order valence-electron chi connectivity index (χ2n) is 2.06. The van der Waals surface area contributed by atoms with Crippen molar-refractivity contribution in [3.8, 4) is 0 Å². The Hall–Kier alpha value is -0.970. The van der Waals surface area contributed by atoms with Crippen LogP contribution in [-0.2, 0) is 6.18 Å². The molecule has 0 aliphatic carbocycles. The summed E-state index contributed by atoms with van der Waals surface area (Å²) in [6, 6.07) is 0.584. The SMILES string of the molecule is O=c1[nH]cc(C(F)(F)F)cc1Cl. The fraction of sp³-hybridized carbons (Fsp3) is 0.167. The van der Waals surface area contributed by atoms with Crippen LogP contribution in [0.3, 0.4) is 0 Å². The van der Waals surface area contributed by atoms with Gasteiger partial charge in [0.25, 0.3) is 5.56 Å². The van der Waals surface area contributed by atoms with Crippen LogP contribution in [0.4, 0.5) is 13.2 Å². The molecule has 0 fully saturated rings. The molecule has 0 aromatic carbocycles. The maximum absolute atomic E-state index is 11.9. The highest BCUT2D eigenvalue weighted by Gasteiger charge is 2.31. The van der Waals surface area contributed by atoms with Gasteiger partial charge in [-0.2, -0.15) is 13.2 Å². The summed E-state index contributed by atoms with van der Waals surface area (Å²) in [5.41, 5.74) is -1.70. The minimum atomic E-state index is -4.48. The lowest BCUT2D eigenvalue weighted by molar-refractivity contribution is -0.137. The van der Waals surface area contributed by atoms with Gasteiger partial charge in [0, 0.05) is 6.20 Å². The van der Waals surface area contributed by atoms with E-state index < -0.39 is 22.3 Å². The molecule has 0 amide bonds. The Balaban J connectivity index is 3.23. The predicted molar refractivity (Wildman–Crippen MR) is 37.1 cm³/mol. The first-order valence-electron chi connectivity index (χ1n) is 2.86. The number of H-pyrrole nitrogens is 1. The van der Waals surface area contributed by atoms with Gasteiger partial charge in [-0.15, -0.1) is 0 Å². The third-order valence-electron chi connectivity index (χ3n) is 1.19. The van der Waals surface area contributed by atoms with Crippen LogP contribution in [0.1, 0.15) is 5.56 Å². The van der Waals surface area contributed by atoms with E-state index in [0.29, 0.717) is 12.3 Å². The van der Waals surface area contributed by atoms with Gasteiger partial charge in [-0.05, 0) is 6.07 Å². The minimum absolute atomic E-state index is 0.468. The fourth-order valence-electron chi connectivity index (χ4n) is 0.620. The number of hydrogen-bond acceptors (Lipinski definition) is 1. The largest absolute Gasteiger partial charge is 0.417 e. The first-order valence-corrected chi connectivity index (χ1v) is 3.24. The zero-order valence-electron chi connectivity index (χ0n) is 5.57. The Bertz CT molecular complexity index is 343. The predicted octanol–water partition coefficient (Wildman–Crippen LogP) is 2.05. The van der Waals surface area contributed by atoms with E-state index in [2.05, 4.69) is 0 Å². The molecule has 0 unspecified atom stereocenters. The van der Waals surface area contributed by atoms with E-state index in [-0.39, 0.29) is 0 Å². The fourth-order valence-corrected chi connectivity index (χ4v) is 0.792. The highest BCUT2D eigenvalue weighted by molar-refractivity contribution is 6.30. The van der Waals surface area contributed by atoms with Crippen LogP contribution in [0.15, 0.2) is 17.1 Å². The molecule has 66 valence electrons. The summed E-state index contributed by atoms with van der Waals surface area (Å²) in [7, 11) is 0. The number of nitrogens with one attached hydrogen (secondary N) is 1. The second-order valence-corrected chi connectivity index (χ2v) is 2.47. The van der Waals surface area contributed by atoms with Crippen LogP contribution in [0.2, 0.25) is 5.02 Å². The summed E-state index contributed by atoms with van der Waals surface area (Å²) in [6.45, 7) is 0. The smallest absolute Gasteiger partial charge is 0.327 e. The number of aromatic amines is 1. The number of rotatable bonds is 0. The molecule has 0 aliphatic rings. The van der Waals surface area contributed by atoms with Gasteiger partial charge >= 0.3 is 6.18 Å². The van der Waals surface area contributed by atoms with Crippen LogP contribution in [-0.4, -0.2) is 4.98 Å². The maximum Gasteiger partial charge on any atom is 0.417 e. The third-order valence-corrected chi connectivity index (χ3v) is 1.47. The number of halogens is 4. The molecule has 0 aliphatic heterocycles. The van der Waals surface area contributed by atoms with Gasteiger partial charge in [0.2, 0.25) is 0 Å². The molecule has 2 nitrogen and oxygen atoms in total. The highest BCUT2D eigenvalue weighted by atomic mass is 35.5. The Kier molecular flexibility index (Phi) is 2.14. The van der Waals surface area contributed by atoms with Gasteiger partial charge in [0.05, 0.1) is 5.56 Å². The van der Waals surface area contributed by atoms with E-state index in [9.17, 15) is 18.0 Å². The molecule has 6 heteroatoms. The van der Waals surface area contributed by atoms with Crippen molar-refractivity contribution in [2.24, 2.45) is 0 Å². The molecule has 1 heterocycles. The zero-order chi connectivity index (χ0) is 9.35. The van der Waals surface area contributed by atoms with Crippen LogP contribution < -0.4 is 5.56 Å². The van der Waals surface area contributed by atoms with E-state index in [1.165, 1.54) is 0 Å². The van der Waals surface area contributed by atoms with E-state index >= 15 is 0 Å². The Labute approximate surface area is 70.0 Å². The number of alkyl halides is 3. The maximum atomic E-state index is 11.9. The van der Waals surface area contributed by atoms with E-state index in [1.807, 2.05) is 4.98 Å². The van der Waals surface area contributed by atoms with Gasteiger partial charge in [-0.25, -0.2) is 0 Å². The summed E-state index contributed by atoms with van der Waals surface area (Å²) >= 11 is 5.18. The standard InChI is InChI=1S/C6H3ClF3NO/c7-4-1-3(6(8,9)10)2-11-5(4)12/h1-2H,(H,11,12). The molecule has 0 atom stereocenters. The molecule has 0 radical (unpaired) electrons. The van der Waals surface area contributed by atoms with Crippen molar-refractivity contribution in [2.45, 2.75) is 6.18 Å². The third kappa shape index (κ3) is 1.79. The van der Waals surface area contributed by atoms with Crippen LogP contribution >= 0.6 is 11.6 Å². The van der Waals surface area contributed by atoms with Crippen molar-refractivity contribution in [1.29, 1.82) is 0 Å². The molecule has 1 aromatic rings. The normalized spacial score (nSPS) is 11.7. The lowest BCUT2D eigenvalue weighted by Crippen LogP contribution is -2.12. The molecular formula is C6H3ClF3NO. The Morgan fingerprint density at radius 1 is 1.42 bits per heavy atom. The van der Waals surface area contributed by atoms with Gasteiger partial charge in [-0.1, -0.05) is 11.6 Å². The molecule has 1 rings (SSSR count). The lowest BCUT2D eigenvalue weighted by Gasteiger charge is -2.04. The molecule has 0 saturated heterocycles. The summed E-state index contributed by atoms with van der Waals surface area (Å²) in [6.07, 6.45) is -3.90. The molecular weight excluding hydrogens is 195 g/mol. The molecule has 1 N–H and O–H groups in total. The summed E-state index contributed by atoms with van der Waals surface area (Å²) in [4.78, 5) is 12.4. The molecule has 0 bridgehead atoms. The quantitative estimate of drug-likeness (QED) is 0.678. The molecule has 1 aromatic heterocycles. The van der Waals surface area contributed by atoms with Crippen LogP contribution in [0, 0.1) is 0 Å². The van der Waals surface area contributed by atoms with E-state index in [1.54, 1.807) is 0 Å². The van der Waals surface area contributed by atoms with Gasteiger partial charge in [-0.3, -0.25) is 4.79 Å². The van der Waals surface area contributed by atoms with Gasteiger partial charge in [0.15, 0.2) is 0 Å². The van der Waals surface area contributed by atoms with Crippen LogP contribution in [0.5, 0.6) is 0 Å². The molecule has 0 saturated carbocycles. The zero-order valence-corrected chi connectivity index (χ0v) is 6.33. The number of pyridine rings is 1. The molecule has 12 heavy (non-hydrogen) atoms. The van der Waals surface area contributed by atoms with Crippen molar-refractivity contribution in [3.63, 3.8) is 0 Å². The average Bonchev–Trinajstić information content (AvgIpc) is 1.92. The summed E-state index contributed by atoms with van der Waals surface area (Å²) < 4.78 is 35.8. The highest BCUT2D eigenvalue weighted by Crippen LogP contribution is 2.28. The Morgan fingerprint density at radius 3 is 2.42 bits per heavy atom. The number of aromatic nitrogens is 1. The van der Waals surface area contributed by atoms with Crippen molar-refractivity contribution in [2.75, 3.05) is 0 Å². The second kappa shape index (κ2) is 2.82. The van der Waals surface area contributed by atoms with Crippen molar-refractivity contribution < 1.29 is 13.2 Å². The Morgan fingerprint density at radius 2 is 2.00 bits per heavy atom. The minimum Gasteiger partial charge on any atom is -0.327 e. The van der Waals surface area contributed by atoms with E-state index in [4.69, 9.17) is 11.6 Å². The van der Waals surface area contributed by atoms with Crippen molar-refractivity contribution in [3.05, 3.63) is 33.2 Å². The monoisotopic (exact) mass is 197 g/mol. The van der Waals surface area contributed by atoms with Gasteiger partial charge < -0.3 is 4.98 Å². The van der Waals surface area contributed by atoms with Crippen molar-refractivity contribution in [1.82, 2.24) is 4.98 Å². The average molecular weight is 198 g/mol. The van der Waals surface area contributed by atoms with E-state index in [0.717, 1.165) is 0 Å². The summed E-state index contributed by atoms with van der Waals surface area (Å²) in [5.74, 6) is 0.